The number of carbonyl (C=O) groups excluding carboxylic acids is 2. The van der Waals surface area contributed by atoms with Gasteiger partial charge < -0.3 is 20.1 Å². The van der Waals surface area contributed by atoms with E-state index < -0.39 is 46.8 Å². The second kappa shape index (κ2) is 11.1. The highest BCUT2D eigenvalue weighted by molar-refractivity contribution is 5.93. The van der Waals surface area contributed by atoms with E-state index in [0.717, 1.165) is 48.5 Å². The Labute approximate surface area is 220 Å². The first-order valence-electron chi connectivity index (χ1n) is 12.8. The second-order valence-electron chi connectivity index (χ2n) is 10.6. The summed E-state index contributed by atoms with van der Waals surface area (Å²) < 4.78 is 32.7. The number of amides is 3. The van der Waals surface area contributed by atoms with Crippen molar-refractivity contribution in [2.75, 3.05) is 26.2 Å². The minimum absolute atomic E-state index is 0.0856. The summed E-state index contributed by atoms with van der Waals surface area (Å²) in [6.07, 6.45) is 1.29. The van der Waals surface area contributed by atoms with Crippen LogP contribution in [0.5, 0.6) is 0 Å². The third-order valence-corrected chi connectivity index (χ3v) is 7.56. The van der Waals surface area contributed by atoms with E-state index in [0.29, 0.717) is 19.5 Å². The van der Waals surface area contributed by atoms with Crippen molar-refractivity contribution in [2.24, 2.45) is 0 Å². The Kier molecular flexibility index (Phi) is 8.01. The maximum absolute atomic E-state index is 13.9. The van der Waals surface area contributed by atoms with Crippen LogP contribution < -0.4 is 5.32 Å². The average molecular weight is 530 g/mol. The van der Waals surface area contributed by atoms with Crippen LogP contribution in [0.4, 0.5) is 18.4 Å². The molecule has 2 aromatic rings. The van der Waals surface area contributed by atoms with Gasteiger partial charge in [-0.2, -0.15) is 0 Å². The van der Waals surface area contributed by atoms with Crippen LogP contribution in [-0.2, 0) is 14.9 Å². The predicted molar refractivity (Wildman–Crippen MR) is 136 cm³/mol. The van der Waals surface area contributed by atoms with E-state index in [9.17, 15) is 28.3 Å². The SMILES string of the molecule is CC1(C)OC(=O)N(C(=O)NCCCN2CCC(CC(=O)O)(c3ccccc3)CC2)C1c1ccc(F)c(F)c1. The molecule has 2 aromatic carbocycles. The third kappa shape index (κ3) is 5.80. The molecule has 1 unspecified atom stereocenters. The summed E-state index contributed by atoms with van der Waals surface area (Å²) in [5.74, 6) is -2.90. The maximum Gasteiger partial charge on any atom is 0.419 e. The molecule has 2 aliphatic heterocycles. The highest BCUT2D eigenvalue weighted by atomic mass is 19.2. The lowest BCUT2D eigenvalue weighted by Gasteiger charge is -2.41. The molecule has 2 fully saturated rings. The molecule has 0 spiro atoms. The zero-order valence-corrected chi connectivity index (χ0v) is 21.6. The molecule has 1 atom stereocenters. The normalized spacial score (nSPS) is 20.7. The molecule has 2 saturated heterocycles. The molecule has 2 aliphatic rings. The number of likely N-dealkylation sites (tertiary alicyclic amines) is 1. The Hall–Kier alpha value is -3.53. The van der Waals surface area contributed by atoms with Gasteiger partial charge in [-0.25, -0.2) is 23.3 Å². The van der Waals surface area contributed by atoms with E-state index in [4.69, 9.17) is 4.74 Å². The third-order valence-electron chi connectivity index (χ3n) is 7.56. The molecule has 3 amide bonds. The topological polar surface area (TPSA) is 99.2 Å². The Morgan fingerprint density at radius 2 is 1.76 bits per heavy atom. The van der Waals surface area contributed by atoms with Crippen LogP contribution in [0.3, 0.4) is 0 Å². The fourth-order valence-corrected chi connectivity index (χ4v) is 5.62. The Bertz CT molecular complexity index is 1180. The molecule has 0 bridgehead atoms. The molecule has 8 nitrogen and oxygen atoms in total. The van der Waals surface area contributed by atoms with Gasteiger partial charge in [0, 0.05) is 12.0 Å². The van der Waals surface area contributed by atoms with Crippen molar-refractivity contribution in [3.05, 3.63) is 71.3 Å². The van der Waals surface area contributed by atoms with Crippen molar-refractivity contribution in [2.45, 2.75) is 56.6 Å². The van der Waals surface area contributed by atoms with E-state index in [1.807, 2.05) is 30.3 Å². The number of nitrogens with zero attached hydrogens (tertiary/aromatic N) is 2. The van der Waals surface area contributed by atoms with E-state index in [-0.39, 0.29) is 12.0 Å². The van der Waals surface area contributed by atoms with Crippen molar-refractivity contribution in [1.29, 1.82) is 0 Å². The number of imide groups is 1. The van der Waals surface area contributed by atoms with Gasteiger partial charge in [0.1, 0.15) is 11.6 Å². The fourth-order valence-electron chi connectivity index (χ4n) is 5.62. The minimum Gasteiger partial charge on any atom is -0.481 e. The number of benzene rings is 2. The first kappa shape index (κ1) is 27.5. The first-order valence-corrected chi connectivity index (χ1v) is 12.8. The summed E-state index contributed by atoms with van der Waals surface area (Å²) >= 11 is 0. The molecular formula is C28H33F2N3O5. The lowest BCUT2D eigenvalue weighted by molar-refractivity contribution is -0.139. The smallest absolute Gasteiger partial charge is 0.419 e. The van der Waals surface area contributed by atoms with Crippen LogP contribution in [0, 0.1) is 11.6 Å². The summed E-state index contributed by atoms with van der Waals surface area (Å²) in [4.78, 5) is 40.2. The van der Waals surface area contributed by atoms with Crippen LogP contribution in [0.1, 0.15) is 56.7 Å². The van der Waals surface area contributed by atoms with Crippen molar-refractivity contribution < 1.29 is 33.0 Å². The lowest BCUT2D eigenvalue weighted by atomic mass is 9.70. The molecule has 2 heterocycles. The average Bonchev–Trinajstić information content (AvgIpc) is 3.12. The van der Waals surface area contributed by atoms with E-state index in [2.05, 4.69) is 10.2 Å². The van der Waals surface area contributed by atoms with Gasteiger partial charge in [0.05, 0.1) is 6.42 Å². The van der Waals surface area contributed by atoms with Crippen molar-refractivity contribution >= 4 is 18.1 Å². The molecule has 0 aliphatic carbocycles. The number of carboxylic acids is 1. The number of cyclic esters (lactones) is 1. The zero-order valence-electron chi connectivity index (χ0n) is 21.6. The van der Waals surface area contributed by atoms with E-state index >= 15 is 0 Å². The number of rotatable bonds is 8. The van der Waals surface area contributed by atoms with Crippen molar-refractivity contribution in [1.82, 2.24) is 15.1 Å². The van der Waals surface area contributed by atoms with Gasteiger partial charge in [-0.15, -0.1) is 0 Å². The number of ether oxygens (including phenoxy) is 1. The molecule has 0 saturated carbocycles. The number of piperidine rings is 1. The maximum atomic E-state index is 13.9. The number of hydrogen-bond acceptors (Lipinski definition) is 5. The van der Waals surface area contributed by atoms with Crippen LogP contribution >= 0.6 is 0 Å². The highest BCUT2D eigenvalue weighted by Gasteiger charge is 2.51. The van der Waals surface area contributed by atoms with Gasteiger partial charge >= 0.3 is 18.1 Å². The van der Waals surface area contributed by atoms with Gasteiger partial charge in [0.2, 0.25) is 0 Å². The molecule has 0 radical (unpaired) electrons. The van der Waals surface area contributed by atoms with Crippen LogP contribution in [0.25, 0.3) is 0 Å². The van der Waals surface area contributed by atoms with Crippen LogP contribution in [0.2, 0.25) is 0 Å². The van der Waals surface area contributed by atoms with E-state index in [1.54, 1.807) is 13.8 Å². The van der Waals surface area contributed by atoms with Crippen molar-refractivity contribution in [3.8, 4) is 0 Å². The van der Waals surface area contributed by atoms with Gasteiger partial charge in [-0.05, 0) is 76.0 Å². The number of carboxylic acid groups (broad SMARTS) is 1. The number of hydrogen-bond donors (Lipinski definition) is 2. The summed E-state index contributed by atoms with van der Waals surface area (Å²) in [5, 5.41) is 12.3. The first-order chi connectivity index (χ1) is 18.0. The molecular weight excluding hydrogens is 496 g/mol. The van der Waals surface area contributed by atoms with Gasteiger partial charge in [-0.1, -0.05) is 36.4 Å². The zero-order chi connectivity index (χ0) is 27.5. The predicted octanol–water partition coefficient (Wildman–Crippen LogP) is 4.84. The molecule has 10 heteroatoms. The Morgan fingerprint density at radius 3 is 2.39 bits per heavy atom. The van der Waals surface area contributed by atoms with Crippen molar-refractivity contribution in [3.63, 3.8) is 0 Å². The molecule has 204 valence electrons. The number of aliphatic carboxylic acids is 1. The van der Waals surface area contributed by atoms with Gasteiger partial charge in [0.15, 0.2) is 11.6 Å². The van der Waals surface area contributed by atoms with E-state index in [1.165, 1.54) is 6.07 Å². The monoisotopic (exact) mass is 529 g/mol. The minimum atomic E-state index is -1.13. The largest absolute Gasteiger partial charge is 0.481 e. The number of carbonyl (C=O) groups is 3. The lowest BCUT2D eigenvalue weighted by Crippen LogP contribution is -2.46. The van der Waals surface area contributed by atoms with Gasteiger partial charge in [0.25, 0.3) is 0 Å². The summed E-state index contributed by atoms with van der Waals surface area (Å²) in [5.41, 5.74) is -0.222. The summed E-state index contributed by atoms with van der Waals surface area (Å²) in [6.45, 7) is 5.69. The molecule has 2 N–H and O–H groups in total. The highest BCUT2D eigenvalue weighted by Crippen LogP contribution is 2.41. The second-order valence-corrected chi connectivity index (χ2v) is 10.6. The Balaban J connectivity index is 1.31. The van der Waals surface area contributed by atoms with Crippen LogP contribution in [0.15, 0.2) is 48.5 Å². The van der Waals surface area contributed by atoms with Gasteiger partial charge in [-0.3, -0.25) is 4.79 Å². The Morgan fingerprint density at radius 1 is 1.08 bits per heavy atom. The number of nitrogens with one attached hydrogen (secondary N) is 1. The number of halogens is 2. The molecule has 0 aromatic heterocycles. The summed E-state index contributed by atoms with van der Waals surface area (Å²) in [7, 11) is 0. The fraction of sp³-hybridized carbons (Fsp3) is 0.464. The van der Waals surface area contributed by atoms with Crippen LogP contribution in [-0.4, -0.2) is 64.8 Å². The quantitative estimate of drug-likeness (QED) is 0.475. The summed E-state index contributed by atoms with van der Waals surface area (Å²) in [6, 6.07) is 11.4. The molecule has 38 heavy (non-hydrogen) atoms. The standard InChI is InChI=1S/C28H33F2N3O5/c1-27(2)24(19-9-10-21(29)22(30)17-19)33(26(37)38-27)25(36)31-13-6-14-32-15-11-28(12-16-32,18-23(34)35)20-7-4-3-5-8-20/h3-5,7-10,17,24H,6,11-16,18H2,1-2H3,(H,31,36)(H,34,35). The number of urea groups is 1. The molecule has 4 rings (SSSR count).